The van der Waals surface area contributed by atoms with Gasteiger partial charge in [-0.05, 0) is 37.5 Å². The molecule has 0 bridgehead atoms. The largest absolute Gasteiger partial charge is 0.497 e. The van der Waals surface area contributed by atoms with Gasteiger partial charge in [-0.3, -0.25) is 9.59 Å². The van der Waals surface area contributed by atoms with Crippen LogP contribution in [0, 0.1) is 17.2 Å². The fourth-order valence-corrected chi connectivity index (χ4v) is 3.29. The molecule has 1 aromatic rings. The molecular formula is C20H26N2O4. The van der Waals surface area contributed by atoms with Crippen molar-refractivity contribution in [2.24, 2.45) is 5.92 Å². The molecule has 0 unspecified atom stereocenters. The van der Waals surface area contributed by atoms with Gasteiger partial charge in [0, 0.05) is 13.0 Å². The average molecular weight is 358 g/mol. The van der Waals surface area contributed by atoms with Crippen molar-refractivity contribution >= 4 is 11.9 Å². The lowest BCUT2D eigenvalue weighted by molar-refractivity contribution is -0.159. The van der Waals surface area contributed by atoms with Gasteiger partial charge >= 0.3 is 5.97 Å². The smallest absolute Gasteiger partial charge is 0.312 e. The van der Waals surface area contributed by atoms with E-state index >= 15 is 0 Å². The summed E-state index contributed by atoms with van der Waals surface area (Å²) in [7, 11) is 1.59. The molecule has 0 saturated carbocycles. The summed E-state index contributed by atoms with van der Waals surface area (Å²) < 4.78 is 10.5. The van der Waals surface area contributed by atoms with E-state index in [-0.39, 0.29) is 11.9 Å². The minimum absolute atomic E-state index is 0.0525. The highest BCUT2D eigenvalue weighted by molar-refractivity contribution is 5.82. The molecule has 6 heteroatoms. The van der Waals surface area contributed by atoms with E-state index in [1.165, 1.54) is 0 Å². The number of esters is 1. The lowest BCUT2D eigenvalue weighted by atomic mass is 9.84. The Morgan fingerprint density at radius 3 is 2.65 bits per heavy atom. The second kappa shape index (κ2) is 9.23. The van der Waals surface area contributed by atoms with E-state index in [0.717, 1.165) is 18.4 Å². The Kier molecular flexibility index (Phi) is 7.02. The maximum absolute atomic E-state index is 12.7. The third-order valence-electron chi connectivity index (χ3n) is 4.69. The molecule has 1 aliphatic rings. The van der Waals surface area contributed by atoms with Crippen LogP contribution in [-0.2, 0) is 14.3 Å². The molecule has 0 spiro atoms. The molecular weight excluding hydrogens is 332 g/mol. The molecule has 1 aromatic carbocycles. The first-order valence-corrected chi connectivity index (χ1v) is 9.05. The van der Waals surface area contributed by atoms with Crippen molar-refractivity contribution in [2.45, 2.75) is 51.7 Å². The topological polar surface area (TPSA) is 79.6 Å². The minimum Gasteiger partial charge on any atom is -0.497 e. The first-order valence-electron chi connectivity index (χ1n) is 9.05. The van der Waals surface area contributed by atoms with Gasteiger partial charge in [0.05, 0.1) is 19.1 Å². The zero-order chi connectivity index (χ0) is 19.1. The molecule has 0 aliphatic carbocycles. The first-order chi connectivity index (χ1) is 12.5. The van der Waals surface area contributed by atoms with Crippen molar-refractivity contribution in [3.05, 3.63) is 29.8 Å². The van der Waals surface area contributed by atoms with Gasteiger partial charge in [-0.1, -0.05) is 25.5 Å². The number of benzene rings is 1. The van der Waals surface area contributed by atoms with Crippen LogP contribution in [0.4, 0.5) is 0 Å². The fourth-order valence-electron chi connectivity index (χ4n) is 3.29. The number of hydrogen-bond donors (Lipinski definition) is 0. The molecule has 26 heavy (non-hydrogen) atoms. The number of methoxy groups -OCH3 is 1. The number of likely N-dealkylation sites (tertiary alicyclic amines) is 1. The van der Waals surface area contributed by atoms with Crippen molar-refractivity contribution in [2.75, 3.05) is 13.7 Å². The summed E-state index contributed by atoms with van der Waals surface area (Å²) in [4.78, 5) is 27.0. The van der Waals surface area contributed by atoms with Crippen molar-refractivity contribution in [1.82, 2.24) is 4.90 Å². The summed E-state index contributed by atoms with van der Waals surface area (Å²) in [5.74, 6) is -0.132. The molecule has 2 rings (SSSR count). The van der Waals surface area contributed by atoms with Gasteiger partial charge < -0.3 is 14.4 Å². The molecule has 140 valence electrons. The fraction of sp³-hybridized carbons (Fsp3) is 0.550. The number of nitrogens with zero attached hydrogens (tertiary/aromatic N) is 2. The molecule has 0 N–H and O–H groups in total. The van der Waals surface area contributed by atoms with Crippen LogP contribution in [0.5, 0.6) is 5.75 Å². The summed E-state index contributed by atoms with van der Waals surface area (Å²) in [5, 5.41) is 8.93. The number of carbonyl (C=O) groups excluding carboxylic acids is 2. The first kappa shape index (κ1) is 19.8. The predicted octanol–water partition coefficient (Wildman–Crippen LogP) is 3.23. The van der Waals surface area contributed by atoms with Gasteiger partial charge in [0.1, 0.15) is 11.8 Å². The van der Waals surface area contributed by atoms with Crippen LogP contribution >= 0.6 is 0 Å². The number of rotatable bonds is 7. The van der Waals surface area contributed by atoms with Gasteiger partial charge in [0.2, 0.25) is 5.91 Å². The summed E-state index contributed by atoms with van der Waals surface area (Å²) >= 11 is 0. The Balaban J connectivity index is 2.35. The predicted molar refractivity (Wildman–Crippen MR) is 96.2 cm³/mol. The quantitative estimate of drug-likeness (QED) is 0.699. The third-order valence-corrected chi connectivity index (χ3v) is 4.69. The maximum atomic E-state index is 12.7. The summed E-state index contributed by atoms with van der Waals surface area (Å²) in [6.07, 6.45) is 1.77. The van der Waals surface area contributed by atoms with Gasteiger partial charge in [-0.25, -0.2) is 0 Å². The van der Waals surface area contributed by atoms with Crippen molar-refractivity contribution in [1.29, 1.82) is 5.26 Å². The standard InChI is InChI=1S/C20H26N2O4/c1-4-5-12-22-18(23)11-10-17(20(24)26-14(2)13-21)19(22)15-6-8-16(25-3)9-7-15/h6-9,14,17,19H,4-5,10-12H2,1-3H3/t14-,17+,19+/m0/s1. The van der Waals surface area contributed by atoms with Crippen LogP contribution in [0.2, 0.25) is 0 Å². The number of carbonyl (C=O) groups is 2. The Morgan fingerprint density at radius 1 is 1.38 bits per heavy atom. The highest BCUT2D eigenvalue weighted by atomic mass is 16.5. The Labute approximate surface area is 154 Å². The van der Waals surface area contributed by atoms with Crippen LogP contribution in [-0.4, -0.2) is 36.5 Å². The summed E-state index contributed by atoms with van der Waals surface area (Å²) in [6.45, 7) is 4.21. The van der Waals surface area contributed by atoms with Gasteiger partial charge in [0.25, 0.3) is 0 Å². The van der Waals surface area contributed by atoms with Crippen LogP contribution in [0.15, 0.2) is 24.3 Å². The zero-order valence-electron chi connectivity index (χ0n) is 15.6. The van der Waals surface area contributed by atoms with Gasteiger partial charge in [-0.15, -0.1) is 0 Å². The molecule has 1 fully saturated rings. The van der Waals surface area contributed by atoms with E-state index in [1.807, 2.05) is 30.3 Å². The summed E-state index contributed by atoms with van der Waals surface area (Å²) in [5.41, 5.74) is 0.876. The molecule has 1 amide bonds. The Morgan fingerprint density at radius 2 is 2.08 bits per heavy atom. The molecule has 1 aliphatic heterocycles. The number of nitriles is 1. The number of ether oxygens (including phenoxy) is 2. The van der Waals surface area contributed by atoms with Gasteiger partial charge in [0.15, 0.2) is 6.10 Å². The van der Waals surface area contributed by atoms with Crippen LogP contribution in [0.1, 0.15) is 51.1 Å². The average Bonchev–Trinajstić information content (AvgIpc) is 2.66. The van der Waals surface area contributed by atoms with E-state index in [1.54, 1.807) is 18.9 Å². The number of piperidine rings is 1. The van der Waals surface area contributed by atoms with Gasteiger partial charge in [-0.2, -0.15) is 5.26 Å². The Hall–Kier alpha value is -2.55. The second-order valence-electron chi connectivity index (χ2n) is 6.51. The van der Waals surface area contributed by atoms with E-state index in [2.05, 4.69) is 6.92 Å². The lowest BCUT2D eigenvalue weighted by Crippen LogP contribution is -2.46. The van der Waals surface area contributed by atoms with E-state index < -0.39 is 18.0 Å². The third kappa shape index (κ3) is 4.54. The minimum atomic E-state index is -0.805. The van der Waals surface area contributed by atoms with E-state index in [9.17, 15) is 9.59 Å². The molecule has 6 nitrogen and oxygen atoms in total. The lowest BCUT2D eigenvalue weighted by Gasteiger charge is -2.40. The molecule has 0 radical (unpaired) electrons. The molecule has 1 saturated heterocycles. The normalized spacial score (nSPS) is 21.0. The maximum Gasteiger partial charge on any atom is 0.312 e. The van der Waals surface area contributed by atoms with E-state index in [0.29, 0.717) is 25.1 Å². The monoisotopic (exact) mass is 358 g/mol. The van der Waals surface area contributed by atoms with Crippen molar-refractivity contribution in [3.8, 4) is 11.8 Å². The van der Waals surface area contributed by atoms with E-state index in [4.69, 9.17) is 14.7 Å². The van der Waals surface area contributed by atoms with Crippen molar-refractivity contribution in [3.63, 3.8) is 0 Å². The van der Waals surface area contributed by atoms with Crippen LogP contribution < -0.4 is 4.74 Å². The number of hydrogen-bond acceptors (Lipinski definition) is 5. The highest BCUT2D eigenvalue weighted by Gasteiger charge is 2.41. The Bertz CT molecular complexity index is 665. The molecule has 1 heterocycles. The van der Waals surface area contributed by atoms with Crippen LogP contribution in [0.3, 0.4) is 0 Å². The molecule has 3 atom stereocenters. The van der Waals surface area contributed by atoms with Crippen molar-refractivity contribution < 1.29 is 19.1 Å². The highest BCUT2D eigenvalue weighted by Crippen LogP contribution is 2.38. The second-order valence-corrected chi connectivity index (χ2v) is 6.51. The zero-order valence-corrected chi connectivity index (χ0v) is 15.6. The molecule has 0 aromatic heterocycles. The van der Waals surface area contributed by atoms with Crippen LogP contribution in [0.25, 0.3) is 0 Å². The SMILES string of the molecule is CCCCN1C(=O)CC[C@@H](C(=O)O[C@@H](C)C#N)[C@H]1c1ccc(OC)cc1. The summed E-state index contributed by atoms with van der Waals surface area (Å²) in [6, 6.07) is 8.96. The number of amides is 1. The number of unbranched alkanes of at least 4 members (excludes halogenated alkanes) is 1.